The van der Waals surface area contributed by atoms with Crippen LogP contribution in [0, 0.1) is 16.7 Å². The fourth-order valence-electron chi connectivity index (χ4n) is 7.42. The van der Waals surface area contributed by atoms with Crippen molar-refractivity contribution in [2.75, 3.05) is 19.6 Å². The monoisotopic (exact) mass is 600 g/mol. The molecule has 6 atom stereocenters. The minimum atomic E-state index is -0.480. The Morgan fingerprint density at radius 2 is 1.86 bits per heavy atom. The van der Waals surface area contributed by atoms with Crippen LogP contribution in [0.5, 0.6) is 0 Å². The van der Waals surface area contributed by atoms with Crippen LogP contribution < -0.4 is 5.11 Å². The van der Waals surface area contributed by atoms with E-state index >= 15 is 0 Å². The summed E-state index contributed by atoms with van der Waals surface area (Å²) in [5, 5.41) is 23.6. The molecule has 3 fully saturated rings. The van der Waals surface area contributed by atoms with Gasteiger partial charge in [-0.15, -0.1) is 0 Å². The highest BCUT2D eigenvalue weighted by molar-refractivity contribution is 6.31. The van der Waals surface area contributed by atoms with Gasteiger partial charge in [-0.3, -0.25) is 9.69 Å². The second-order valence-electron chi connectivity index (χ2n) is 16.1. The molecule has 1 aromatic rings. The van der Waals surface area contributed by atoms with Gasteiger partial charge >= 0.3 is 0 Å². The molecule has 0 spiro atoms. The molecule has 4 rings (SSSR count). The molecule has 2 aliphatic heterocycles. The molecule has 236 valence electrons. The Bertz CT molecular complexity index is 1150. The molecule has 3 aliphatic rings. The van der Waals surface area contributed by atoms with Gasteiger partial charge in [-0.1, -0.05) is 58.4 Å². The molecule has 0 aromatic heterocycles. The number of rotatable bonds is 6. The highest BCUT2D eigenvalue weighted by atomic mass is 35.5. The molecule has 1 aromatic carbocycles. The van der Waals surface area contributed by atoms with Crippen molar-refractivity contribution in [3.8, 4) is 0 Å². The zero-order chi connectivity index (χ0) is 31.2. The van der Waals surface area contributed by atoms with Crippen LogP contribution in [0.25, 0.3) is 0 Å². The number of hydrogen-bond acceptors (Lipinski definition) is 5. The maximum absolute atomic E-state index is 14.2. The van der Waals surface area contributed by atoms with E-state index in [0.717, 1.165) is 62.3 Å². The molecule has 2 heterocycles. The van der Waals surface area contributed by atoms with Gasteiger partial charge < -0.3 is 20.1 Å². The largest absolute Gasteiger partial charge is 0.862 e. The van der Waals surface area contributed by atoms with Crippen molar-refractivity contribution in [1.29, 1.82) is 0 Å². The third-order valence-electron chi connectivity index (χ3n) is 10.2. The van der Waals surface area contributed by atoms with Crippen LogP contribution in [-0.4, -0.2) is 70.1 Å². The fourth-order valence-corrected chi connectivity index (χ4v) is 7.67. The number of aliphatic imine (C=N–C) groups is 1. The zero-order valence-electron chi connectivity index (χ0n) is 27.5. The molecule has 6 nitrogen and oxygen atoms in total. The lowest BCUT2D eigenvalue weighted by atomic mass is 9.64. The molecule has 42 heavy (non-hydrogen) atoms. The summed E-state index contributed by atoms with van der Waals surface area (Å²) < 4.78 is 0. The molecule has 5 unspecified atom stereocenters. The Hall–Kier alpha value is -1.63. The number of amides is 1. The predicted molar refractivity (Wildman–Crippen MR) is 171 cm³/mol. The molecule has 2 saturated heterocycles. The van der Waals surface area contributed by atoms with E-state index in [-0.39, 0.29) is 52.6 Å². The van der Waals surface area contributed by atoms with Crippen molar-refractivity contribution in [1.82, 2.24) is 9.80 Å². The third kappa shape index (κ3) is 7.35. The van der Waals surface area contributed by atoms with Crippen molar-refractivity contribution >= 4 is 23.4 Å². The van der Waals surface area contributed by atoms with Crippen LogP contribution in [-0.2, 0) is 4.79 Å². The molecule has 0 radical (unpaired) electrons. The Morgan fingerprint density at radius 1 is 1.17 bits per heavy atom. The van der Waals surface area contributed by atoms with Gasteiger partial charge in [0.1, 0.15) is 0 Å². The maximum atomic E-state index is 14.2. The average molecular weight is 601 g/mol. The summed E-state index contributed by atoms with van der Waals surface area (Å²) >= 11 is 6.95. The number of hydrogen-bond donors (Lipinski definition) is 1. The summed E-state index contributed by atoms with van der Waals surface area (Å²) in [5.74, 6) is 0.290. The van der Waals surface area contributed by atoms with E-state index in [2.05, 4.69) is 61.5 Å². The fraction of sp³-hybridized carbons (Fsp3) is 0.771. The van der Waals surface area contributed by atoms with E-state index in [9.17, 15) is 15.0 Å². The predicted octanol–water partition coefficient (Wildman–Crippen LogP) is 6.38. The second-order valence-corrected chi connectivity index (χ2v) is 16.5. The van der Waals surface area contributed by atoms with Crippen molar-refractivity contribution in [3.05, 3.63) is 34.3 Å². The van der Waals surface area contributed by atoms with Gasteiger partial charge in [0.2, 0.25) is 5.91 Å². The maximum Gasteiger partial charge on any atom is 0.227 e. The lowest BCUT2D eigenvalue weighted by Gasteiger charge is -2.43. The van der Waals surface area contributed by atoms with Crippen LogP contribution in [0.2, 0.25) is 5.02 Å². The highest BCUT2D eigenvalue weighted by Gasteiger charge is 2.46. The molecule has 1 aliphatic carbocycles. The SMILES string of the molecule is CC(O)CC1CCCN1C(=O)C1CN(C(C)(C)C)C[C@H]1c1ccc(Cl)c(C2CC(N=C([O-])C(C)(C)C)CCC2(C)C)c1. The summed E-state index contributed by atoms with van der Waals surface area (Å²) in [7, 11) is 0. The van der Waals surface area contributed by atoms with Crippen LogP contribution in [0.3, 0.4) is 0 Å². The molecule has 1 amide bonds. The summed E-state index contributed by atoms with van der Waals surface area (Å²) in [6, 6.07) is 6.53. The van der Waals surface area contributed by atoms with E-state index in [1.807, 2.05) is 33.8 Å². The number of likely N-dealkylation sites (tertiary alicyclic amines) is 2. The summed E-state index contributed by atoms with van der Waals surface area (Å²) in [5.41, 5.74) is 1.78. The number of aliphatic hydroxyl groups is 1. The van der Waals surface area contributed by atoms with E-state index < -0.39 is 11.5 Å². The second kappa shape index (κ2) is 12.4. The smallest absolute Gasteiger partial charge is 0.227 e. The Balaban J connectivity index is 1.67. The van der Waals surface area contributed by atoms with Gasteiger partial charge in [-0.2, -0.15) is 0 Å². The molecule has 7 heteroatoms. The number of aliphatic hydroxyl groups excluding tert-OH is 1. The summed E-state index contributed by atoms with van der Waals surface area (Å²) in [4.78, 5) is 23.4. The third-order valence-corrected chi connectivity index (χ3v) is 10.5. The minimum Gasteiger partial charge on any atom is -0.862 e. The van der Waals surface area contributed by atoms with Crippen LogP contribution >= 0.6 is 11.6 Å². The number of benzene rings is 1. The van der Waals surface area contributed by atoms with E-state index in [4.69, 9.17) is 11.6 Å². The standard InChI is InChI=1S/C35H56ClN3O3/c1-22(40)17-25-11-10-16-39(25)31(41)28-21-38(34(5,6)7)20-27(28)23-12-13-30(36)26(18-23)29-19-24(14-15-35(29,8)9)37-32(42)33(2,3)4/h12-13,18,22,24-25,27-29,40H,10-11,14-17,19-21H2,1-9H3,(H,37,42)/p-1/t22?,24?,25?,27-,28?,29?/m0/s1. The zero-order valence-corrected chi connectivity index (χ0v) is 28.3. The first kappa shape index (κ1) is 33.3. The average Bonchev–Trinajstić information content (AvgIpc) is 3.52. The summed E-state index contributed by atoms with van der Waals surface area (Å²) in [6.07, 6.45) is 4.86. The van der Waals surface area contributed by atoms with E-state index in [1.54, 1.807) is 0 Å². The first-order valence-electron chi connectivity index (χ1n) is 16.2. The van der Waals surface area contributed by atoms with Gasteiger partial charge in [0.05, 0.1) is 12.0 Å². The molecule has 0 bridgehead atoms. The Kier molecular flexibility index (Phi) is 9.82. The molecular formula is C35H55ClN3O3-. The van der Waals surface area contributed by atoms with Crippen LogP contribution in [0.4, 0.5) is 0 Å². The van der Waals surface area contributed by atoms with Crippen molar-refractivity contribution in [2.45, 2.75) is 136 Å². The number of carbonyl (C=O) groups excluding carboxylic acids is 1. The Labute approximate surface area is 259 Å². The van der Waals surface area contributed by atoms with Crippen LogP contribution in [0.15, 0.2) is 23.2 Å². The van der Waals surface area contributed by atoms with Gasteiger partial charge in [0.25, 0.3) is 0 Å². The van der Waals surface area contributed by atoms with Gasteiger partial charge in [0, 0.05) is 48.2 Å². The molecule has 1 saturated carbocycles. The van der Waals surface area contributed by atoms with Gasteiger partial charge in [-0.25, -0.2) is 0 Å². The normalized spacial score (nSPS) is 30.1. The highest BCUT2D eigenvalue weighted by Crippen LogP contribution is 2.50. The van der Waals surface area contributed by atoms with Gasteiger partial charge in [0.15, 0.2) is 0 Å². The molecule has 1 N–H and O–H groups in total. The van der Waals surface area contributed by atoms with Crippen molar-refractivity contribution < 1.29 is 15.0 Å². The number of carbonyl (C=O) groups is 1. The van der Waals surface area contributed by atoms with Crippen molar-refractivity contribution in [3.63, 3.8) is 0 Å². The topological polar surface area (TPSA) is 79.2 Å². The van der Waals surface area contributed by atoms with Crippen LogP contribution in [0.1, 0.15) is 124 Å². The number of nitrogens with zero attached hydrogens (tertiary/aromatic N) is 3. The first-order valence-corrected chi connectivity index (χ1v) is 16.5. The van der Waals surface area contributed by atoms with Crippen molar-refractivity contribution in [2.24, 2.45) is 21.7 Å². The van der Waals surface area contributed by atoms with E-state index in [0.29, 0.717) is 6.42 Å². The Morgan fingerprint density at radius 3 is 2.48 bits per heavy atom. The lowest BCUT2D eigenvalue weighted by Crippen LogP contribution is -2.44. The minimum absolute atomic E-state index is 0.00678. The lowest BCUT2D eigenvalue weighted by molar-refractivity contribution is -0.229. The van der Waals surface area contributed by atoms with E-state index in [1.165, 1.54) is 5.56 Å². The van der Waals surface area contributed by atoms with Gasteiger partial charge in [-0.05, 0) is 106 Å². The quantitative estimate of drug-likeness (QED) is 0.303. The first-order chi connectivity index (χ1) is 19.4. The summed E-state index contributed by atoms with van der Waals surface area (Å²) in [6.45, 7) is 21.2. The number of halogens is 1. The molecular weight excluding hydrogens is 546 g/mol.